The van der Waals surface area contributed by atoms with E-state index in [1.54, 1.807) is 13.2 Å². The largest absolute Gasteiger partial charge is 0.490 e. The first-order valence-corrected chi connectivity index (χ1v) is 17.0. The van der Waals surface area contributed by atoms with Gasteiger partial charge in [-0.05, 0) is 95.9 Å². The molecule has 11 heteroatoms. The van der Waals surface area contributed by atoms with E-state index in [1.165, 1.54) is 15.8 Å². The predicted octanol–water partition coefficient (Wildman–Crippen LogP) is 4.31. The fourth-order valence-electron chi connectivity index (χ4n) is 7.13. The molecule has 244 valence electrons. The fourth-order valence-corrected chi connectivity index (χ4v) is 7.60. The van der Waals surface area contributed by atoms with E-state index in [1.807, 2.05) is 25.1 Å². The number of likely N-dealkylation sites (tertiary alicyclic amines) is 2. The Hall–Kier alpha value is -3.54. The van der Waals surface area contributed by atoms with Gasteiger partial charge >= 0.3 is 0 Å². The zero-order valence-electron chi connectivity index (χ0n) is 26.8. The molecule has 3 atom stereocenters. The van der Waals surface area contributed by atoms with Gasteiger partial charge in [0.2, 0.25) is 11.8 Å². The summed E-state index contributed by atoms with van der Waals surface area (Å²) in [4.78, 5) is 41.0. The number of aromatic nitrogens is 2. The average Bonchev–Trinajstić information content (AvgIpc) is 3.03. The molecule has 2 aromatic carbocycles. The zero-order valence-corrected chi connectivity index (χ0v) is 28.4. The van der Waals surface area contributed by atoms with Crippen molar-refractivity contribution in [2.75, 3.05) is 38.5 Å². The van der Waals surface area contributed by atoms with Gasteiger partial charge in [-0.15, -0.1) is 0 Å². The Bertz CT molecular complexity index is 1630. The van der Waals surface area contributed by atoms with Crippen molar-refractivity contribution in [2.24, 2.45) is 7.05 Å². The van der Waals surface area contributed by atoms with Crippen LogP contribution in [-0.4, -0.2) is 76.8 Å². The van der Waals surface area contributed by atoms with Crippen LogP contribution in [0.25, 0.3) is 0 Å². The van der Waals surface area contributed by atoms with E-state index in [-0.39, 0.29) is 35.4 Å². The van der Waals surface area contributed by atoms with E-state index in [2.05, 4.69) is 72.8 Å². The number of hydrogen-bond acceptors (Lipinski definition) is 8. The van der Waals surface area contributed by atoms with Crippen molar-refractivity contribution >= 4 is 33.4 Å². The predicted molar refractivity (Wildman–Crippen MR) is 181 cm³/mol. The van der Waals surface area contributed by atoms with E-state index < -0.39 is 0 Å². The highest BCUT2D eigenvalue weighted by Gasteiger charge is 2.30. The Labute approximate surface area is 278 Å². The Morgan fingerprint density at radius 3 is 2.50 bits per heavy atom. The van der Waals surface area contributed by atoms with Crippen LogP contribution in [0.4, 0.5) is 5.69 Å². The van der Waals surface area contributed by atoms with Gasteiger partial charge in [0.15, 0.2) is 0 Å². The number of hydrogen-bond donors (Lipinski definition) is 2. The Balaban J connectivity index is 0.986. The molecule has 0 saturated carbocycles. The summed E-state index contributed by atoms with van der Waals surface area (Å²) in [5.74, 6) is 0.566. The molecular weight excluding hydrogens is 648 g/mol. The second-order valence-electron chi connectivity index (χ2n) is 13.2. The fraction of sp³-hybridized carbons (Fsp3) is 0.486. The number of imide groups is 1. The summed E-state index contributed by atoms with van der Waals surface area (Å²) in [7, 11) is 3.80. The topological polar surface area (TPSA) is 109 Å². The average molecular weight is 692 g/mol. The van der Waals surface area contributed by atoms with Gasteiger partial charge < -0.3 is 15.0 Å². The van der Waals surface area contributed by atoms with Crippen LogP contribution in [0.3, 0.4) is 0 Å². The number of anilines is 1. The van der Waals surface area contributed by atoms with Crippen LogP contribution in [0.2, 0.25) is 0 Å². The van der Waals surface area contributed by atoms with Crippen molar-refractivity contribution in [3.63, 3.8) is 0 Å². The monoisotopic (exact) mass is 690 g/mol. The summed E-state index contributed by atoms with van der Waals surface area (Å²) >= 11 is 3.44. The number of amides is 2. The lowest BCUT2D eigenvalue weighted by Gasteiger charge is -2.37. The number of likely N-dealkylation sites (N-methyl/N-ethyl adjacent to an activating group) is 1. The molecule has 6 rings (SSSR count). The third-order valence-electron chi connectivity index (χ3n) is 9.62. The molecule has 0 spiro atoms. The van der Waals surface area contributed by atoms with Gasteiger partial charge in [-0.25, -0.2) is 4.68 Å². The molecule has 46 heavy (non-hydrogen) atoms. The molecule has 3 aliphatic rings. The van der Waals surface area contributed by atoms with Crippen molar-refractivity contribution < 1.29 is 14.3 Å². The molecule has 3 fully saturated rings. The first-order chi connectivity index (χ1) is 22.1. The highest BCUT2D eigenvalue weighted by atomic mass is 79.9. The molecule has 3 saturated heterocycles. The van der Waals surface area contributed by atoms with Gasteiger partial charge in [-0.3, -0.25) is 24.6 Å². The normalized spacial score (nSPS) is 23.3. The van der Waals surface area contributed by atoms with Gasteiger partial charge in [0, 0.05) is 52.2 Å². The third-order valence-corrected chi connectivity index (χ3v) is 10.4. The lowest BCUT2D eigenvalue weighted by atomic mass is 9.87. The summed E-state index contributed by atoms with van der Waals surface area (Å²) < 4.78 is 8.21. The Morgan fingerprint density at radius 2 is 1.78 bits per heavy atom. The van der Waals surface area contributed by atoms with Gasteiger partial charge in [-0.1, -0.05) is 30.3 Å². The second kappa shape index (κ2) is 14.1. The maximum Gasteiger partial charge on any atom is 0.282 e. The quantitative estimate of drug-likeness (QED) is 0.337. The zero-order chi connectivity index (χ0) is 32.4. The highest BCUT2D eigenvalue weighted by Crippen LogP contribution is 2.32. The number of piperidine rings is 3. The first kappa shape index (κ1) is 32.4. The standard InChI is InChI=1S/C35H43BrN6O4/c1-22-16-28(8-9-29(22)30-10-11-32(43)39-34(30)44)46-27-12-14-42(15-13-27)19-23-4-6-24(7-5-23)25-17-26(21-40(2)20-25)38-31-18-37-41(3)35(45)33(31)36/h4-9,16,18,25-27,30,38H,10-15,17,19-21H2,1-3H3,(H,39,43,44)/t25-,26+,30?/m0/s1. The number of nitrogens with zero attached hydrogens (tertiary/aromatic N) is 4. The maximum atomic E-state index is 12.3. The number of nitrogens with one attached hydrogen (secondary N) is 2. The van der Waals surface area contributed by atoms with Crippen molar-refractivity contribution in [1.29, 1.82) is 0 Å². The minimum Gasteiger partial charge on any atom is -0.490 e. The molecule has 10 nitrogen and oxygen atoms in total. The summed E-state index contributed by atoms with van der Waals surface area (Å²) in [6.07, 6.45) is 5.73. The third kappa shape index (κ3) is 7.53. The first-order valence-electron chi connectivity index (χ1n) is 16.2. The van der Waals surface area contributed by atoms with Crippen LogP contribution in [0.1, 0.15) is 66.2 Å². The lowest BCUT2D eigenvalue weighted by Crippen LogP contribution is -2.43. The molecular formula is C35H43BrN6O4. The molecule has 0 bridgehead atoms. The number of ether oxygens (including phenoxy) is 1. The van der Waals surface area contributed by atoms with E-state index in [0.717, 1.165) is 74.6 Å². The maximum absolute atomic E-state index is 12.3. The van der Waals surface area contributed by atoms with Crippen LogP contribution >= 0.6 is 15.9 Å². The summed E-state index contributed by atoms with van der Waals surface area (Å²) in [5.41, 5.74) is 5.24. The van der Waals surface area contributed by atoms with Crippen LogP contribution in [-0.2, 0) is 23.2 Å². The number of aryl methyl sites for hydroxylation is 2. The molecule has 4 heterocycles. The molecule has 2 N–H and O–H groups in total. The highest BCUT2D eigenvalue weighted by molar-refractivity contribution is 9.10. The summed E-state index contributed by atoms with van der Waals surface area (Å²) in [5, 5.41) is 10.2. The molecule has 3 aliphatic heterocycles. The minimum absolute atomic E-state index is 0.147. The molecule has 0 radical (unpaired) electrons. The van der Waals surface area contributed by atoms with Crippen molar-refractivity contribution in [2.45, 2.75) is 69.6 Å². The number of benzene rings is 2. The smallest absolute Gasteiger partial charge is 0.282 e. The van der Waals surface area contributed by atoms with Crippen LogP contribution < -0.4 is 20.9 Å². The molecule has 2 amide bonds. The van der Waals surface area contributed by atoms with Crippen LogP contribution in [0, 0.1) is 6.92 Å². The molecule has 1 aromatic heterocycles. The van der Waals surface area contributed by atoms with Crippen LogP contribution in [0.5, 0.6) is 5.75 Å². The van der Waals surface area contributed by atoms with Crippen molar-refractivity contribution in [3.05, 3.63) is 85.7 Å². The molecule has 3 aromatic rings. The second-order valence-corrected chi connectivity index (χ2v) is 13.9. The van der Waals surface area contributed by atoms with Gasteiger partial charge in [0.1, 0.15) is 16.3 Å². The summed E-state index contributed by atoms with van der Waals surface area (Å²) in [6, 6.07) is 15.3. The molecule has 1 unspecified atom stereocenters. The van der Waals surface area contributed by atoms with E-state index in [4.69, 9.17) is 4.74 Å². The summed E-state index contributed by atoms with van der Waals surface area (Å²) in [6.45, 7) is 6.80. The van der Waals surface area contributed by atoms with Gasteiger partial charge in [0.25, 0.3) is 5.56 Å². The molecule has 0 aliphatic carbocycles. The SMILES string of the molecule is Cc1cc(OC2CCN(Cc3ccc([C@H]4C[C@@H](Nc5cnn(C)c(=O)c5Br)CN(C)C4)cc3)CC2)ccc1C1CCC(=O)NC1=O. The van der Waals surface area contributed by atoms with Crippen molar-refractivity contribution in [1.82, 2.24) is 24.9 Å². The van der Waals surface area contributed by atoms with Crippen molar-refractivity contribution in [3.8, 4) is 5.75 Å². The van der Waals surface area contributed by atoms with E-state index >= 15 is 0 Å². The van der Waals surface area contributed by atoms with Gasteiger partial charge in [0.05, 0.1) is 17.8 Å². The van der Waals surface area contributed by atoms with E-state index in [0.29, 0.717) is 23.2 Å². The number of rotatable bonds is 8. The Morgan fingerprint density at radius 1 is 1.02 bits per heavy atom. The lowest BCUT2D eigenvalue weighted by molar-refractivity contribution is -0.134. The number of halogens is 1. The number of carbonyl (C=O) groups excluding carboxylic acids is 2. The van der Waals surface area contributed by atoms with E-state index in [9.17, 15) is 14.4 Å². The van der Waals surface area contributed by atoms with Crippen LogP contribution in [0.15, 0.2) is 57.9 Å². The Kier molecular flexibility index (Phi) is 9.91. The van der Waals surface area contributed by atoms with Gasteiger partial charge in [-0.2, -0.15) is 5.10 Å². The minimum atomic E-state index is -0.278. The number of carbonyl (C=O) groups is 2.